The van der Waals surface area contributed by atoms with Crippen LogP contribution in [0.3, 0.4) is 0 Å². The summed E-state index contributed by atoms with van der Waals surface area (Å²) in [6, 6.07) is 0.723. The Morgan fingerprint density at radius 1 is 1.24 bits per heavy atom. The molecule has 1 aliphatic heterocycles. The molecular weight excluding hydrogens is 208 g/mol. The zero-order chi connectivity index (χ0) is 12.7. The van der Waals surface area contributed by atoms with Crippen LogP contribution in [0, 0.1) is 11.8 Å². The number of hydrogen-bond acceptors (Lipinski definition) is 2. The molecule has 2 unspecified atom stereocenters. The van der Waals surface area contributed by atoms with Gasteiger partial charge in [-0.25, -0.2) is 0 Å². The summed E-state index contributed by atoms with van der Waals surface area (Å²) in [6.45, 7) is 14.4. The van der Waals surface area contributed by atoms with Gasteiger partial charge >= 0.3 is 0 Å². The third-order valence-electron chi connectivity index (χ3n) is 4.37. The number of rotatable bonds is 7. The van der Waals surface area contributed by atoms with Crippen molar-refractivity contribution in [3.05, 3.63) is 0 Å². The molecule has 102 valence electrons. The fraction of sp³-hybridized carbons (Fsp3) is 1.00. The van der Waals surface area contributed by atoms with Crippen molar-refractivity contribution in [2.45, 2.75) is 59.4 Å². The molecule has 0 radical (unpaired) electrons. The summed E-state index contributed by atoms with van der Waals surface area (Å²) in [5.74, 6) is 1.81. The minimum atomic E-state index is 0.723. The number of piperidine rings is 1. The van der Waals surface area contributed by atoms with Crippen LogP contribution in [0.1, 0.15) is 53.4 Å². The van der Waals surface area contributed by atoms with Crippen LogP contribution in [-0.2, 0) is 0 Å². The van der Waals surface area contributed by atoms with Gasteiger partial charge in [0.15, 0.2) is 0 Å². The fourth-order valence-electron chi connectivity index (χ4n) is 3.01. The molecular formula is C15H32N2. The lowest BCUT2D eigenvalue weighted by Gasteiger charge is -2.33. The summed E-state index contributed by atoms with van der Waals surface area (Å²) in [6.07, 6.45) is 5.38. The Bertz CT molecular complexity index is 189. The maximum atomic E-state index is 3.55. The first-order valence-corrected chi connectivity index (χ1v) is 7.65. The van der Waals surface area contributed by atoms with Crippen LogP contribution >= 0.6 is 0 Å². The SMILES string of the molecule is CCC(CC)CN(CC)CC1CCNC(C)C1. The normalized spacial score (nSPS) is 25.8. The van der Waals surface area contributed by atoms with Crippen molar-refractivity contribution in [1.29, 1.82) is 0 Å². The summed E-state index contributed by atoms with van der Waals surface area (Å²) >= 11 is 0. The van der Waals surface area contributed by atoms with Crippen LogP contribution in [0.15, 0.2) is 0 Å². The van der Waals surface area contributed by atoms with E-state index in [0.29, 0.717) is 0 Å². The van der Waals surface area contributed by atoms with Gasteiger partial charge in [-0.05, 0) is 44.7 Å². The minimum Gasteiger partial charge on any atom is -0.314 e. The lowest BCUT2D eigenvalue weighted by molar-refractivity contribution is 0.172. The zero-order valence-corrected chi connectivity index (χ0v) is 12.3. The fourth-order valence-corrected chi connectivity index (χ4v) is 3.01. The molecule has 1 fully saturated rings. The van der Waals surface area contributed by atoms with Crippen LogP contribution in [0.25, 0.3) is 0 Å². The third kappa shape index (κ3) is 5.39. The molecule has 0 amide bonds. The van der Waals surface area contributed by atoms with Gasteiger partial charge in [-0.2, -0.15) is 0 Å². The highest BCUT2D eigenvalue weighted by atomic mass is 15.1. The van der Waals surface area contributed by atoms with E-state index in [9.17, 15) is 0 Å². The second-order valence-corrected chi connectivity index (χ2v) is 5.78. The third-order valence-corrected chi connectivity index (χ3v) is 4.37. The molecule has 1 heterocycles. The number of nitrogens with zero attached hydrogens (tertiary/aromatic N) is 1. The van der Waals surface area contributed by atoms with Crippen molar-refractivity contribution in [1.82, 2.24) is 10.2 Å². The van der Waals surface area contributed by atoms with Gasteiger partial charge in [-0.1, -0.05) is 33.6 Å². The van der Waals surface area contributed by atoms with Crippen molar-refractivity contribution >= 4 is 0 Å². The highest BCUT2D eigenvalue weighted by Crippen LogP contribution is 2.19. The molecule has 1 saturated heterocycles. The minimum absolute atomic E-state index is 0.723. The second-order valence-electron chi connectivity index (χ2n) is 5.78. The summed E-state index contributed by atoms with van der Waals surface area (Å²) < 4.78 is 0. The van der Waals surface area contributed by atoms with Gasteiger partial charge < -0.3 is 10.2 Å². The molecule has 1 N–H and O–H groups in total. The molecule has 17 heavy (non-hydrogen) atoms. The van der Waals surface area contributed by atoms with E-state index in [1.54, 1.807) is 0 Å². The molecule has 1 rings (SSSR count). The summed E-state index contributed by atoms with van der Waals surface area (Å²) in [5, 5.41) is 3.55. The van der Waals surface area contributed by atoms with Gasteiger partial charge in [0.25, 0.3) is 0 Å². The van der Waals surface area contributed by atoms with E-state index >= 15 is 0 Å². The van der Waals surface area contributed by atoms with Gasteiger partial charge in [0, 0.05) is 19.1 Å². The van der Waals surface area contributed by atoms with Gasteiger partial charge in [0.1, 0.15) is 0 Å². The molecule has 0 aliphatic carbocycles. The maximum absolute atomic E-state index is 3.55. The predicted molar refractivity (Wildman–Crippen MR) is 76.4 cm³/mol. The monoisotopic (exact) mass is 240 g/mol. The van der Waals surface area contributed by atoms with Crippen molar-refractivity contribution in [2.75, 3.05) is 26.2 Å². The first-order chi connectivity index (χ1) is 8.19. The van der Waals surface area contributed by atoms with Crippen LogP contribution in [-0.4, -0.2) is 37.1 Å². The van der Waals surface area contributed by atoms with Gasteiger partial charge in [0.2, 0.25) is 0 Å². The molecule has 1 aliphatic rings. The molecule has 2 heteroatoms. The first-order valence-electron chi connectivity index (χ1n) is 7.65. The smallest absolute Gasteiger partial charge is 0.00418 e. The largest absolute Gasteiger partial charge is 0.314 e. The van der Waals surface area contributed by atoms with E-state index in [2.05, 4.69) is 37.9 Å². The van der Waals surface area contributed by atoms with Crippen molar-refractivity contribution in [3.63, 3.8) is 0 Å². The van der Waals surface area contributed by atoms with Gasteiger partial charge in [0.05, 0.1) is 0 Å². The van der Waals surface area contributed by atoms with E-state index in [1.165, 1.54) is 51.9 Å². The maximum Gasteiger partial charge on any atom is 0.00418 e. The van der Waals surface area contributed by atoms with E-state index < -0.39 is 0 Å². The first kappa shape index (κ1) is 15.0. The standard InChI is InChI=1S/C15H32N2/c1-5-14(6-2)11-17(7-3)12-15-8-9-16-13(4)10-15/h13-16H,5-12H2,1-4H3. The molecule has 0 aromatic rings. The molecule has 0 saturated carbocycles. The van der Waals surface area contributed by atoms with Gasteiger partial charge in [-0.3, -0.25) is 0 Å². The molecule has 0 bridgehead atoms. The Morgan fingerprint density at radius 3 is 2.47 bits per heavy atom. The Labute approximate surface area is 108 Å². The van der Waals surface area contributed by atoms with Gasteiger partial charge in [-0.15, -0.1) is 0 Å². The second kappa shape index (κ2) is 8.10. The Hall–Kier alpha value is -0.0800. The lowest BCUT2D eigenvalue weighted by Crippen LogP contribution is -2.41. The Balaban J connectivity index is 2.34. The van der Waals surface area contributed by atoms with Crippen molar-refractivity contribution in [3.8, 4) is 0 Å². The Kier molecular flexibility index (Phi) is 7.14. The van der Waals surface area contributed by atoms with Crippen LogP contribution in [0.2, 0.25) is 0 Å². The van der Waals surface area contributed by atoms with E-state index in [-0.39, 0.29) is 0 Å². The summed E-state index contributed by atoms with van der Waals surface area (Å²) in [7, 11) is 0. The molecule has 0 spiro atoms. The van der Waals surface area contributed by atoms with Crippen LogP contribution in [0.5, 0.6) is 0 Å². The zero-order valence-electron chi connectivity index (χ0n) is 12.3. The van der Waals surface area contributed by atoms with Crippen molar-refractivity contribution in [2.24, 2.45) is 11.8 Å². The molecule has 2 nitrogen and oxygen atoms in total. The predicted octanol–water partition coefficient (Wildman–Crippen LogP) is 3.13. The summed E-state index contributed by atoms with van der Waals surface area (Å²) in [5.41, 5.74) is 0. The number of nitrogens with one attached hydrogen (secondary N) is 1. The van der Waals surface area contributed by atoms with E-state index in [0.717, 1.165) is 17.9 Å². The summed E-state index contributed by atoms with van der Waals surface area (Å²) in [4.78, 5) is 2.68. The average molecular weight is 240 g/mol. The highest BCUT2D eigenvalue weighted by Gasteiger charge is 2.21. The van der Waals surface area contributed by atoms with Crippen LogP contribution in [0.4, 0.5) is 0 Å². The average Bonchev–Trinajstić information content (AvgIpc) is 2.34. The lowest BCUT2D eigenvalue weighted by atomic mass is 9.92. The highest BCUT2D eigenvalue weighted by molar-refractivity contribution is 4.78. The molecule has 0 aromatic carbocycles. The quantitative estimate of drug-likeness (QED) is 0.735. The van der Waals surface area contributed by atoms with Crippen molar-refractivity contribution < 1.29 is 0 Å². The molecule has 0 aromatic heterocycles. The topological polar surface area (TPSA) is 15.3 Å². The van der Waals surface area contributed by atoms with E-state index in [1.807, 2.05) is 0 Å². The number of hydrogen-bond donors (Lipinski definition) is 1. The molecule has 2 atom stereocenters. The van der Waals surface area contributed by atoms with Crippen LogP contribution < -0.4 is 5.32 Å². The van der Waals surface area contributed by atoms with E-state index in [4.69, 9.17) is 0 Å². The Morgan fingerprint density at radius 2 is 1.94 bits per heavy atom.